The summed E-state index contributed by atoms with van der Waals surface area (Å²) in [6.07, 6.45) is 0.980. The average molecular weight is 206 g/mol. The van der Waals surface area contributed by atoms with E-state index in [2.05, 4.69) is 19.2 Å². The molecule has 1 aromatic rings. The first-order valence-electron chi connectivity index (χ1n) is 5.09. The molecule has 2 rings (SSSR count). The van der Waals surface area contributed by atoms with Crippen LogP contribution >= 0.6 is 0 Å². The number of fused-ring (bicyclic) bond motifs is 1. The lowest BCUT2D eigenvalue weighted by atomic mass is 9.82. The summed E-state index contributed by atoms with van der Waals surface area (Å²) in [5.74, 6) is 0. The number of benzene rings is 1. The largest absolute Gasteiger partial charge is 0.384 e. The summed E-state index contributed by atoms with van der Waals surface area (Å²) in [6.45, 7) is 5.10. The Bertz CT molecular complexity index is 417. The van der Waals surface area contributed by atoms with Crippen LogP contribution in [0.5, 0.6) is 0 Å². The maximum Gasteiger partial charge on any atom is 0.269 e. The van der Waals surface area contributed by atoms with Crippen molar-refractivity contribution in [2.75, 3.05) is 11.9 Å². The first-order chi connectivity index (χ1) is 7.07. The van der Waals surface area contributed by atoms with E-state index in [-0.39, 0.29) is 16.0 Å². The van der Waals surface area contributed by atoms with Gasteiger partial charge in [0.15, 0.2) is 0 Å². The van der Waals surface area contributed by atoms with Crippen molar-refractivity contribution in [2.45, 2.75) is 25.7 Å². The molecule has 4 nitrogen and oxygen atoms in total. The van der Waals surface area contributed by atoms with Crippen LogP contribution in [-0.2, 0) is 5.41 Å². The highest BCUT2D eigenvalue weighted by Gasteiger charge is 2.33. The molecule has 0 spiro atoms. The van der Waals surface area contributed by atoms with Crippen molar-refractivity contribution in [3.63, 3.8) is 0 Å². The molecule has 1 N–H and O–H groups in total. The predicted octanol–water partition coefficient (Wildman–Crippen LogP) is 2.69. The minimum Gasteiger partial charge on any atom is -0.384 e. The number of rotatable bonds is 2. The molecule has 0 aromatic heterocycles. The highest BCUT2D eigenvalue weighted by atomic mass is 16.6. The highest BCUT2D eigenvalue weighted by molar-refractivity contribution is 5.63. The second-order valence-electron chi connectivity index (χ2n) is 4.25. The van der Waals surface area contributed by atoms with Crippen LogP contribution in [-0.4, -0.2) is 11.5 Å². The van der Waals surface area contributed by atoms with Gasteiger partial charge in [-0.15, -0.1) is 0 Å². The molecular formula is C11H14N2O2. The molecule has 15 heavy (non-hydrogen) atoms. The summed E-state index contributed by atoms with van der Waals surface area (Å²) in [5, 5.41) is 14.0. The van der Waals surface area contributed by atoms with Crippen molar-refractivity contribution in [3.05, 3.63) is 33.9 Å². The molecule has 1 aliphatic heterocycles. The third kappa shape index (κ3) is 1.46. The lowest BCUT2D eigenvalue weighted by Crippen LogP contribution is -2.22. The second kappa shape index (κ2) is 3.22. The van der Waals surface area contributed by atoms with Crippen molar-refractivity contribution in [1.82, 2.24) is 0 Å². The fraction of sp³-hybridized carbons (Fsp3) is 0.455. The lowest BCUT2D eigenvalue weighted by molar-refractivity contribution is -0.384. The van der Waals surface area contributed by atoms with E-state index in [0.29, 0.717) is 0 Å². The highest BCUT2D eigenvalue weighted by Crippen LogP contribution is 2.40. The van der Waals surface area contributed by atoms with E-state index in [4.69, 9.17) is 0 Å². The molecule has 1 aromatic carbocycles. The minimum absolute atomic E-state index is 0.0291. The number of nitro groups is 1. The molecule has 4 heteroatoms. The maximum atomic E-state index is 10.7. The number of anilines is 1. The third-order valence-electron chi connectivity index (χ3n) is 3.31. The molecule has 0 bridgehead atoms. The van der Waals surface area contributed by atoms with E-state index in [1.165, 1.54) is 0 Å². The zero-order valence-electron chi connectivity index (χ0n) is 8.91. The molecule has 0 fully saturated rings. The molecule has 1 heterocycles. The van der Waals surface area contributed by atoms with Gasteiger partial charge in [-0.1, -0.05) is 13.8 Å². The predicted molar refractivity (Wildman–Crippen MR) is 59.2 cm³/mol. The van der Waals surface area contributed by atoms with Crippen LogP contribution in [0.25, 0.3) is 0 Å². The first kappa shape index (κ1) is 9.96. The Balaban J connectivity index is 2.51. The van der Waals surface area contributed by atoms with Gasteiger partial charge in [0, 0.05) is 29.8 Å². The van der Waals surface area contributed by atoms with Gasteiger partial charge in [-0.25, -0.2) is 0 Å². The van der Waals surface area contributed by atoms with Gasteiger partial charge >= 0.3 is 0 Å². The van der Waals surface area contributed by atoms with Crippen molar-refractivity contribution in [2.24, 2.45) is 0 Å². The van der Waals surface area contributed by atoms with E-state index < -0.39 is 0 Å². The number of non-ortho nitro benzene ring substituents is 1. The Morgan fingerprint density at radius 1 is 1.60 bits per heavy atom. The number of nitrogens with one attached hydrogen (secondary N) is 1. The van der Waals surface area contributed by atoms with Crippen LogP contribution in [0.3, 0.4) is 0 Å². The summed E-state index contributed by atoms with van der Waals surface area (Å²) in [6, 6.07) is 5.04. The van der Waals surface area contributed by atoms with Crippen molar-refractivity contribution >= 4 is 11.4 Å². The van der Waals surface area contributed by atoms with Crippen LogP contribution in [0.15, 0.2) is 18.2 Å². The molecule has 0 radical (unpaired) electrons. The summed E-state index contributed by atoms with van der Waals surface area (Å²) in [5.41, 5.74) is 2.31. The summed E-state index contributed by atoms with van der Waals surface area (Å²) >= 11 is 0. The maximum absolute atomic E-state index is 10.7. The van der Waals surface area contributed by atoms with Crippen LogP contribution in [0.1, 0.15) is 25.8 Å². The molecule has 0 aliphatic carbocycles. The van der Waals surface area contributed by atoms with Crippen molar-refractivity contribution in [3.8, 4) is 0 Å². The lowest BCUT2D eigenvalue weighted by Gasteiger charge is -2.21. The molecule has 0 amide bonds. The SMILES string of the molecule is CCC1(C)CNc2ccc([N+](=O)[O-])cc21. The van der Waals surface area contributed by atoms with Crippen LogP contribution in [0.2, 0.25) is 0 Å². The zero-order valence-corrected chi connectivity index (χ0v) is 8.91. The molecule has 0 saturated carbocycles. The standard InChI is InChI=1S/C11H14N2O2/c1-3-11(2)7-12-10-5-4-8(13(14)15)6-9(10)11/h4-6,12H,3,7H2,1-2H3. The van der Waals surface area contributed by atoms with Crippen molar-refractivity contribution < 1.29 is 4.92 Å². The molecule has 0 saturated heterocycles. The summed E-state index contributed by atoms with van der Waals surface area (Å²) in [4.78, 5) is 10.3. The van der Waals surface area contributed by atoms with E-state index in [9.17, 15) is 10.1 Å². The fourth-order valence-corrected chi connectivity index (χ4v) is 2.00. The van der Waals surface area contributed by atoms with Gasteiger partial charge < -0.3 is 5.32 Å². The van der Waals surface area contributed by atoms with Gasteiger partial charge in [0.2, 0.25) is 0 Å². The van der Waals surface area contributed by atoms with Gasteiger partial charge in [-0.2, -0.15) is 0 Å². The van der Waals surface area contributed by atoms with E-state index >= 15 is 0 Å². The van der Waals surface area contributed by atoms with Crippen LogP contribution in [0, 0.1) is 10.1 Å². The van der Waals surface area contributed by atoms with Gasteiger partial charge in [0.25, 0.3) is 5.69 Å². The third-order valence-corrected chi connectivity index (χ3v) is 3.31. The molecule has 1 aliphatic rings. The topological polar surface area (TPSA) is 55.2 Å². The zero-order chi connectivity index (χ0) is 11.1. The van der Waals surface area contributed by atoms with Crippen molar-refractivity contribution in [1.29, 1.82) is 0 Å². The quantitative estimate of drug-likeness (QED) is 0.597. The minimum atomic E-state index is -0.339. The average Bonchev–Trinajstić information content (AvgIpc) is 2.57. The summed E-state index contributed by atoms with van der Waals surface area (Å²) in [7, 11) is 0. The smallest absolute Gasteiger partial charge is 0.269 e. The molecule has 1 atom stereocenters. The van der Waals surface area contributed by atoms with Crippen LogP contribution in [0.4, 0.5) is 11.4 Å². The van der Waals surface area contributed by atoms with Gasteiger partial charge in [0.05, 0.1) is 4.92 Å². The molecule has 80 valence electrons. The normalized spacial score (nSPS) is 23.3. The van der Waals surface area contributed by atoms with E-state index in [1.54, 1.807) is 18.2 Å². The number of nitro benzene ring substituents is 1. The molecular weight excluding hydrogens is 192 g/mol. The monoisotopic (exact) mass is 206 g/mol. The number of hydrogen-bond acceptors (Lipinski definition) is 3. The Labute approximate surface area is 88.5 Å². The van der Waals surface area contributed by atoms with E-state index in [0.717, 1.165) is 24.2 Å². The Hall–Kier alpha value is -1.58. The van der Waals surface area contributed by atoms with Gasteiger partial charge in [-0.3, -0.25) is 10.1 Å². The van der Waals surface area contributed by atoms with Gasteiger partial charge in [0.1, 0.15) is 0 Å². The first-order valence-corrected chi connectivity index (χ1v) is 5.09. The Kier molecular flexibility index (Phi) is 2.14. The fourth-order valence-electron chi connectivity index (χ4n) is 2.00. The molecule has 1 unspecified atom stereocenters. The summed E-state index contributed by atoms with van der Waals surface area (Å²) < 4.78 is 0. The van der Waals surface area contributed by atoms with Crippen LogP contribution < -0.4 is 5.32 Å². The second-order valence-corrected chi connectivity index (χ2v) is 4.25. The number of nitrogens with zero attached hydrogens (tertiary/aromatic N) is 1. The Morgan fingerprint density at radius 3 is 2.93 bits per heavy atom. The van der Waals surface area contributed by atoms with Gasteiger partial charge in [-0.05, 0) is 18.1 Å². The van der Waals surface area contributed by atoms with E-state index in [1.807, 2.05) is 0 Å². The Morgan fingerprint density at radius 2 is 2.33 bits per heavy atom. The number of hydrogen-bond donors (Lipinski definition) is 1.